The number of aromatic nitrogens is 1. The van der Waals surface area contributed by atoms with Gasteiger partial charge in [-0.3, -0.25) is 0 Å². The molecule has 0 aliphatic carbocycles. The van der Waals surface area contributed by atoms with Gasteiger partial charge in [-0.05, 0) is 49.9 Å². The van der Waals surface area contributed by atoms with E-state index in [9.17, 15) is 0 Å². The zero-order chi connectivity index (χ0) is 14.7. The molecule has 0 bridgehead atoms. The summed E-state index contributed by atoms with van der Waals surface area (Å²) in [6, 6.07) is 8.83. The van der Waals surface area contributed by atoms with Gasteiger partial charge in [0.2, 0.25) is 5.88 Å². The van der Waals surface area contributed by atoms with Crippen LogP contribution in [-0.2, 0) is 6.54 Å². The van der Waals surface area contributed by atoms with Crippen molar-refractivity contribution in [1.82, 2.24) is 9.88 Å². The van der Waals surface area contributed by atoms with Crippen molar-refractivity contribution in [2.75, 3.05) is 20.2 Å². The third-order valence-electron chi connectivity index (χ3n) is 4.42. The standard InChI is InChI=1S/C17H23N3O/c1-20-9-4-5-14(20)8-10-21-17-16-7-3-2-6-15(16)13(11-18)12-19-17/h2-3,6-7,12,14H,4-5,8-11,18H2,1H3. The van der Waals surface area contributed by atoms with Crippen molar-refractivity contribution in [3.8, 4) is 5.88 Å². The van der Waals surface area contributed by atoms with Crippen LogP contribution in [0.5, 0.6) is 5.88 Å². The Hall–Kier alpha value is -1.65. The van der Waals surface area contributed by atoms with E-state index in [-0.39, 0.29) is 0 Å². The maximum absolute atomic E-state index is 5.95. The fourth-order valence-corrected chi connectivity index (χ4v) is 3.14. The molecule has 0 amide bonds. The van der Waals surface area contributed by atoms with Gasteiger partial charge in [-0.1, -0.05) is 18.2 Å². The molecule has 1 atom stereocenters. The molecule has 1 fully saturated rings. The predicted octanol–water partition coefficient (Wildman–Crippen LogP) is 2.56. The van der Waals surface area contributed by atoms with Crippen LogP contribution in [0.2, 0.25) is 0 Å². The lowest BCUT2D eigenvalue weighted by Gasteiger charge is -2.19. The molecule has 3 rings (SSSR count). The number of benzene rings is 1. The molecule has 112 valence electrons. The van der Waals surface area contributed by atoms with Crippen LogP contribution in [0.1, 0.15) is 24.8 Å². The third-order valence-corrected chi connectivity index (χ3v) is 4.42. The van der Waals surface area contributed by atoms with Crippen LogP contribution >= 0.6 is 0 Å². The highest BCUT2D eigenvalue weighted by Crippen LogP contribution is 2.26. The van der Waals surface area contributed by atoms with Crippen LogP contribution in [0.15, 0.2) is 30.5 Å². The normalized spacial score (nSPS) is 19.2. The summed E-state index contributed by atoms with van der Waals surface area (Å²) >= 11 is 0. The van der Waals surface area contributed by atoms with E-state index in [2.05, 4.69) is 29.1 Å². The summed E-state index contributed by atoms with van der Waals surface area (Å²) in [7, 11) is 2.20. The van der Waals surface area contributed by atoms with Gasteiger partial charge < -0.3 is 15.4 Å². The molecule has 1 saturated heterocycles. The van der Waals surface area contributed by atoms with Crippen molar-refractivity contribution in [2.24, 2.45) is 5.73 Å². The lowest BCUT2D eigenvalue weighted by molar-refractivity contribution is 0.230. The molecule has 0 spiro atoms. The quantitative estimate of drug-likeness (QED) is 0.917. The second-order valence-electron chi connectivity index (χ2n) is 5.75. The Kier molecular flexibility index (Phi) is 4.36. The molecule has 0 saturated carbocycles. The van der Waals surface area contributed by atoms with E-state index in [4.69, 9.17) is 10.5 Å². The maximum Gasteiger partial charge on any atom is 0.221 e. The van der Waals surface area contributed by atoms with Crippen molar-refractivity contribution < 1.29 is 4.74 Å². The molecular formula is C17H23N3O. The van der Waals surface area contributed by atoms with Gasteiger partial charge in [0.25, 0.3) is 0 Å². The molecule has 1 aromatic heterocycles. The summed E-state index contributed by atoms with van der Waals surface area (Å²) < 4.78 is 5.95. The van der Waals surface area contributed by atoms with E-state index in [1.54, 1.807) is 0 Å². The molecule has 2 heterocycles. The first-order valence-corrected chi connectivity index (χ1v) is 7.69. The highest BCUT2D eigenvalue weighted by molar-refractivity contribution is 5.89. The fourth-order valence-electron chi connectivity index (χ4n) is 3.14. The minimum absolute atomic E-state index is 0.501. The lowest BCUT2D eigenvalue weighted by atomic mass is 10.1. The van der Waals surface area contributed by atoms with Crippen LogP contribution in [0.25, 0.3) is 10.8 Å². The van der Waals surface area contributed by atoms with Gasteiger partial charge in [-0.2, -0.15) is 0 Å². The first-order valence-electron chi connectivity index (χ1n) is 7.69. The van der Waals surface area contributed by atoms with Crippen molar-refractivity contribution in [1.29, 1.82) is 0 Å². The number of hydrogen-bond donors (Lipinski definition) is 1. The second-order valence-corrected chi connectivity index (χ2v) is 5.75. The molecule has 0 radical (unpaired) electrons. The summed E-state index contributed by atoms with van der Waals surface area (Å²) in [5, 5.41) is 2.20. The van der Waals surface area contributed by atoms with Crippen LogP contribution in [0, 0.1) is 0 Å². The van der Waals surface area contributed by atoms with E-state index < -0.39 is 0 Å². The summed E-state index contributed by atoms with van der Waals surface area (Å²) in [6.45, 7) is 2.42. The molecule has 2 N–H and O–H groups in total. The summed E-state index contributed by atoms with van der Waals surface area (Å²) in [5.74, 6) is 0.725. The second kappa shape index (κ2) is 6.41. The lowest BCUT2D eigenvalue weighted by Crippen LogP contribution is -2.26. The maximum atomic E-state index is 5.95. The Morgan fingerprint density at radius 2 is 2.14 bits per heavy atom. The minimum atomic E-state index is 0.501. The van der Waals surface area contributed by atoms with E-state index >= 15 is 0 Å². The van der Waals surface area contributed by atoms with Crippen LogP contribution in [-0.4, -0.2) is 36.1 Å². The van der Waals surface area contributed by atoms with Gasteiger partial charge in [0.1, 0.15) is 0 Å². The molecular weight excluding hydrogens is 262 g/mol. The van der Waals surface area contributed by atoms with Gasteiger partial charge in [-0.15, -0.1) is 0 Å². The number of likely N-dealkylation sites (tertiary alicyclic amines) is 1. The molecule has 1 aliphatic rings. The van der Waals surface area contributed by atoms with E-state index in [0.29, 0.717) is 19.2 Å². The summed E-state index contributed by atoms with van der Waals surface area (Å²) in [4.78, 5) is 6.87. The number of hydrogen-bond acceptors (Lipinski definition) is 4. The van der Waals surface area contributed by atoms with Gasteiger partial charge in [0.05, 0.1) is 6.61 Å². The van der Waals surface area contributed by atoms with Crippen molar-refractivity contribution in [3.05, 3.63) is 36.0 Å². The van der Waals surface area contributed by atoms with E-state index in [1.165, 1.54) is 19.4 Å². The Morgan fingerprint density at radius 3 is 2.86 bits per heavy atom. The Morgan fingerprint density at radius 1 is 1.33 bits per heavy atom. The molecule has 4 nitrogen and oxygen atoms in total. The van der Waals surface area contributed by atoms with Crippen molar-refractivity contribution in [3.63, 3.8) is 0 Å². The number of pyridine rings is 1. The SMILES string of the molecule is CN1CCCC1CCOc1ncc(CN)c2ccccc12. The number of fused-ring (bicyclic) bond motifs is 1. The predicted molar refractivity (Wildman–Crippen MR) is 85.4 cm³/mol. The Bertz CT molecular complexity index is 614. The first-order chi connectivity index (χ1) is 10.3. The zero-order valence-corrected chi connectivity index (χ0v) is 12.6. The Labute approximate surface area is 125 Å². The first kappa shape index (κ1) is 14.3. The van der Waals surface area contributed by atoms with Crippen LogP contribution < -0.4 is 10.5 Å². The van der Waals surface area contributed by atoms with E-state index in [0.717, 1.165) is 28.6 Å². The molecule has 1 aromatic carbocycles. The number of nitrogens with zero attached hydrogens (tertiary/aromatic N) is 2. The number of nitrogens with two attached hydrogens (primary N) is 1. The molecule has 4 heteroatoms. The fraction of sp³-hybridized carbons (Fsp3) is 0.471. The van der Waals surface area contributed by atoms with Gasteiger partial charge >= 0.3 is 0 Å². The van der Waals surface area contributed by atoms with Crippen molar-refractivity contribution >= 4 is 10.8 Å². The molecule has 1 aliphatic heterocycles. The highest BCUT2D eigenvalue weighted by Gasteiger charge is 2.20. The largest absolute Gasteiger partial charge is 0.477 e. The summed E-state index contributed by atoms with van der Waals surface area (Å²) in [6.07, 6.45) is 5.47. The topological polar surface area (TPSA) is 51.4 Å². The van der Waals surface area contributed by atoms with Crippen LogP contribution in [0.4, 0.5) is 0 Å². The monoisotopic (exact) mass is 285 g/mol. The number of rotatable bonds is 5. The molecule has 21 heavy (non-hydrogen) atoms. The average Bonchev–Trinajstić information content (AvgIpc) is 2.93. The van der Waals surface area contributed by atoms with Gasteiger partial charge in [-0.25, -0.2) is 4.98 Å². The van der Waals surface area contributed by atoms with Gasteiger partial charge in [0.15, 0.2) is 0 Å². The van der Waals surface area contributed by atoms with Crippen molar-refractivity contribution in [2.45, 2.75) is 31.8 Å². The third kappa shape index (κ3) is 3.01. The number of ether oxygens (including phenoxy) is 1. The van der Waals surface area contributed by atoms with Crippen LogP contribution in [0.3, 0.4) is 0 Å². The smallest absolute Gasteiger partial charge is 0.221 e. The molecule has 1 unspecified atom stereocenters. The molecule has 2 aromatic rings. The summed E-state index contributed by atoms with van der Waals surface area (Å²) in [5.41, 5.74) is 6.84. The van der Waals surface area contributed by atoms with E-state index in [1.807, 2.05) is 18.3 Å². The minimum Gasteiger partial charge on any atom is -0.477 e. The Balaban J connectivity index is 1.72. The highest BCUT2D eigenvalue weighted by atomic mass is 16.5. The average molecular weight is 285 g/mol. The van der Waals surface area contributed by atoms with Gasteiger partial charge in [0, 0.05) is 24.2 Å². The zero-order valence-electron chi connectivity index (χ0n) is 12.6.